The Labute approximate surface area is 177 Å². The van der Waals surface area contributed by atoms with Crippen LogP contribution >= 0.6 is 23.4 Å². The van der Waals surface area contributed by atoms with Crippen molar-refractivity contribution in [3.8, 4) is 5.75 Å². The molecule has 3 rings (SSSR count). The smallest absolute Gasteiger partial charge is 0.328 e. The Hall–Kier alpha value is -2.77. The number of amides is 2. The molecule has 1 aliphatic rings. The van der Waals surface area contributed by atoms with Gasteiger partial charge in [0.25, 0.3) is 11.1 Å². The second-order valence-corrected chi connectivity index (χ2v) is 7.57. The second-order valence-electron chi connectivity index (χ2n) is 6.17. The topological polar surface area (TPSA) is 72.9 Å². The first-order chi connectivity index (χ1) is 13.9. The fourth-order valence-corrected chi connectivity index (χ4v) is 3.82. The number of hydrogen-bond donors (Lipinski definition) is 0. The van der Waals surface area contributed by atoms with E-state index in [4.69, 9.17) is 16.3 Å². The summed E-state index contributed by atoms with van der Waals surface area (Å²) in [6, 6.07) is 13.5. The van der Waals surface area contributed by atoms with Crippen LogP contribution in [0.1, 0.15) is 18.1 Å². The molecule has 1 fully saturated rings. The van der Waals surface area contributed by atoms with E-state index < -0.39 is 23.2 Å². The maximum absolute atomic E-state index is 12.7. The molecule has 150 valence electrons. The normalized spacial score (nSPS) is 16.2. The fourth-order valence-electron chi connectivity index (χ4n) is 2.73. The molecular weight excluding hydrogens is 414 g/mol. The quantitative estimate of drug-likeness (QED) is 0.494. The molecular formula is C21H18ClNO5S. The van der Waals surface area contributed by atoms with Crippen molar-refractivity contribution >= 4 is 46.6 Å². The van der Waals surface area contributed by atoms with E-state index in [1.54, 1.807) is 30.3 Å². The highest BCUT2D eigenvalue weighted by atomic mass is 35.5. The van der Waals surface area contributed by atoms with Crippen molar-refractivity contribution in [2.24, 2.45) is 0 Å². The maximum Gasteiger partial charge on any atom is 0.328 e. The largest absolute Gasteiger partial charge is 0.488 e. The number of esters is 1. The van der Waals surface area contributed by atoms with Crippen molar-refractivity contribution in [2.45, 2.75) is 19.6 Å². The molecule has 8 heteroatoms. The number of halogens is 1. The molecule has 6 nitrogen and oxygen atoms in total. The first-order valence-corrected chi connectivity index (χ1v) is 9.92. The van der Waals surface area contributed by atoms with Crippen LogP contribution in [-0.2, 0) is 20.9 Å². The number of carbonyl (C=O) groups excluding carboxylic acids is 3. The SMILES string of the molecule is COC(=O)[C@H](C)N1C(=O)S/C(=C/c2ccccc2OCc2ccccc2Cl)C1=O. The first-order valence-electron chi connectivity index (χ1n) is 8.72. The molecule has 1 saturated heterocycles. The number of carbonyl (C=O) groups is 3. The predicted molar refractivity (Wildman–Crippen MR) is 112 cm³/mol. The monoisotopic (exact) mass is 431 g/mol. The average molecular weight is 432 g/mol. The van der Waals surface area contributed by atoms with Crippen LogP contribution in [0.3, 0.4) is 0 Å². The Balaban J connectivity index is 1.82. The predicted octanol–water partition coefficient (Wildman–Crippen LogP) is 4.52. The van der Waals surface area contributed by atoms with Gasteiger partial charge in [-0.05, 0) is 36.9 Å². The lowest BCUT2D eigenvalue weighted by Crippen LogP contribution is -2.42. The number of benzene rings is 2. The number of ether oxygens (including phenoxy) is 2. The summed E-state index contributed by atoms with van der Waals surface area (Å²) in [4.78, 5) is 37.8. The van der Waals surface area contributed by atoms with E-state index in [9.17, 15) is 14.4 Å². The van der Waals surface area contributed by atoms with Gasteiger partial charge >= 0.3 is 5.97 Å². The third kappa shape index (κ3) is 4.63. The van der Waals surface area contributed by atoms with E-state index in [1.165, 1.54) is 14.0 Å². The summed E-state index contributed by atoms with van der Waals surface area (Å²) in [5.74, 6) is -0.656. The van der Waals surface area contributed by atoms with E-state index in [0.29, 0.717) is 16.3 Å². The lowest BCUT2D eigenvalue weighted by molar-refractivity contribution is -0.148. The van der Waals surface area contributed by atoms with Gasteiger partial charge < -0.3 is 9.47 Å². The van der Waals surface area contributed by atoms with E-state index in [0.717, 1.165) is 22.2 Å². The maximum atomic E-state index is 12.7. The fraction of sp³-hybridized carbons (Fsp3) is 0.190. The number of thioether (sulfide) groups is 1. The highest BCUT2D eigenvalue weighted by Crippen LogP contribution is 2.35. The van der Waals surface area contributed by atoms with Gasteiger partial charge in [-0.3, -0.25) is 14.5 Å². The first kappa shape index (κ1) is 21.0. The summed E-state index contributed by atoms with van der Waals surface area (Å²) in [7, 11) is 1.21. The number of rotatable bonds is 6. The lowest BCUT2D eigenvalue weighted by Gasteiger charge is -2.18. The average Bonchev–Trinajstić information content (AvgIpc) is 3.00. The highest BCUT2D eigenvalue weighted by Gasteiger charge is 2.41. The molecule has 0 bridgehead atoms. The van der Waals surface area contributed by atoms with Crippen LogP contribution in [0.25, 0.3) is 6.08 Å². The molecule has 1 heterocycles. The Morgan fingerprint density at radius 3 is 2.59 bits per heavy atom. The van der Waals surface area contributed by atoms with Crippen molar-refractivity contribution < 1.29 is 23.9 Å². The Kier molecular flexibility index (Phi) is 6.61. The van der Waals surface area contributed by atoms with Gasteiger partial charge in [-0.2, -0.15) is 0 Å². The van der Waals surface area contributed by atoms with Crippen molar-refractivity contribution in [3.05, 3.63) is 69.6 Å². The zero-order valence-corrected chi connectivity index (χ0v) is 17.3. The summed E-state index contributed by atoms with van der Waals surface area (Å²) in [5, 5.41) is 0.0801. The Bertz CT molecular complexity index is 991. The van der Waals surface area contributed by atoms with Gasteiger partial charge in [-0.25, -0.2) is 4.79 Å². The van der Waals surface area contributed by atoms with Crippen LogP contribution in [0.2, 0.25) is 5.02 Å². The number of methoxy groups -OCH3 is 1. The molecule has 0 N–H and O–H groups in total. The van der Waals surface area contributed by atoms with Gasteiger partial charge in [-0.15, -0.1) is 0 Å². The number of para-hydroxylation sites is 1. The molecule has 0 spiro atoms. The van der Waals surface area contributed by atoms with Crippen molar-refractivity contribution in [2.75, 3.05) is 7.11 Å². The summed E-state index contributed by atoms with van der Waals surface area (Å²) in [6.45, 7) is 1.71. The molecule has 1 aliphatic heterocycles. The van der Waals surface area contributed by atoms with E-state index in [-0.39, 0.29) is 11.5 Å². The van der Waals surface area contributed by atoms with Crippen LogP contribution in [0.15, 0.2) is 53.4 Å². The third-order valence-electron chi connectivity index (χ3n) is 4.30. The van der Waals surface area contributed by atoms with Crippen molar-refractivity contribution in [1.82, 2.24) is 4.90 Å². The van der Waals surface area contributed by atoms with Gasteiger partial charge in [-0.1, -0.05) is 48.0 Å². The molecule has 29 heavy (non-hydrogen) atoms. The zero-order valence-electron chi connectivity index (χ0n) is 15.8. The van der Waals surface area contributed by atoms with E-state index in [2.05, 4.69) is 4.74 Å². The van der Waals surface area contributed by atoms with Gasteiger partial charge in [0.2, 0.25) is 0 Å². The van der Waals surface area contributed by atoms with Gasteiger partial charge in [0, 0.05) is 16.1 Å². The van der Waals surface area contributed by atoms with Gasteiger partial charge in [0.1, 0.15) is 18.4 Å². The van der Waals surface area contributed by atoms with Crippen molar-refractivity contribution in [1.29, 1.82) is 0 Å². The lowest BCUT2D eigenvalue weighted by atomic mass is 10.1. The molecule has 0 saturated carbocycles. The van der Waals surface area contributed by atoms with Crippen LogP contribution in [0, 0.1) is 0 Å². The van der Waals surface area contributed by atoms with Crippen LogP contribution in [0.5, 0.6) is 5.75 Å². The molecule has 0 unspecified atom stereocenters. The zero-order chi connectivity index (χ0) is 21.0. The number of nitrogens with zero attached hydrogens (tertiary/aromatic N) is 1. The molecule has 2 aromatic carbocycles. The third-order valence-corrected chi connectivity index (χ3v) is 5.55. The van der Waals surface area contributed by atoms with Crippen LogP contribution in [0.4, 0.5) is 4.79 Å². The molecule has 0 aromatic heterocycles. The Morgan fingerprint density at radius 2 is 1.86 bits per heavy atom. The minimum absolute atomic E-state index is 0.208. The van der Waals surface area contributed by atoms with Gasteiger partial charge in [0.05, 0.1) is 12.0 Å². The van der Waals surface area contributed by atoms with Crippen molar-refractivity contribution in [3.63, 3.8) is 0 Å². The summed E-state index contributed by atoms with van der Waals surface area (Å²) < 4.78 is 10.5. The molecule has 0 radical (unpaired) electrons. The minimum atomic E-state index is -0.995. The number of hydrogen-bond acceptors (Lipinski definition) is 6. The molecule has 2 aromatic rings. The summed E-state index contributed by atoms with van der Waals surface area (Å²) in [5.41, 5.74) is 1.46. The second kappa shape index (κ2) is 9.15. The minimum Gasteiger partial charge on any atom is -0.488 e. The standard InChI is InChI=1S/C21H18ClNO5S/c1-13(20(25)27-2)23-19(24)18(29-21(23)26)11-14-7-4-6-10-17(14)28-12-15-8-3-5-9-16(15)22/h3-11,13H,12H2,1-2H3/b18-11+/t13-/m0/s1. The van der Waals surface area contributed by atoms with Crippen LogP contribution in [-0.4, -0.2) is 35.2 Å². The van der Waals surface area contributed by atoms with Gasteiger partial charge in [0.15, 0.2) is 0 Å². The summed E-state index contributed by atoms with van der Waals surface area (Å²) in [6.07, 6.45) is 1.58. The van der Waals surface area contributed by atoms with E-state index in [1.807, 2.05) is 24.3 Å². The molecule has 1 atom stereocenters. The summed E-state index contributed by atoms with van der Waals surface area (Å²) >= 11 is 6.94. The van der Waals surface area contributed by atoms with Crippen LogP contribution < -0.4 is 4.74 Å². The molecule has 2 amide bonds. The van der Waals surface area contributed by atoms with E-state index >= 15 is 0 Å². The Morgan fingerprint density at radius 1 is 1.17 bits per heavy atom. The number of imide groups is 1. The highest BCUT2D eigenvalue weighted by molar-refractivity contribution is 8.18. The molecule has 0 aliphatic carbocycles.